The van der Waals surface area contributed by atoms with Crippen molar-refractivity contribution in [2.45, 2.75) is 13.0 Å². The number of anilines is 1. The molecule has 2 aromatic rings. The van der Waals surface area contributed by atoms with Crippen LogP contribution >= 0.6 is 11.3 Å². The van der Waals surface area contributed by atoms with Crippen LogP contribution in [-0.4, -0.2) is 49.8 Å². The summed E-state index contributed by atoms with van der Waals surface area (Å²) in [5, 5.41) is 0.841. The summed E-state index contributed by atoms with van der Waals surface area (Å²) in [5.74, 6) is -1.16. The molecule has 23 heavy (non-hydrogen) atoms. The van der Waals surface area contributed by atoms with Gasteiger partial charge in [0.25, 0.3) is 0 Å². The highest BCUT2D eigenvalue weighted by Crippen LogP contribution is 2.35. The Morgan fingerprint density at radius 2 is 2.13 bits per heavy atom. The van der Waals surface area contributed by atoms with E-state index in [4.69, 9.17) is 9.47 Å². The average Bonchev–Trinajstić information content (AvgIpc) is 2.93. The molecule has 3 rings (SSSR count). The van der Waals surface area contributed by atoms with Crippen molar-refractivity contribution in [1.82, 2.24) is 4.98 Å². The lowest BCUT2D eigenvalue weighted by molar-refractivity contribution is -0.171. The summed E-state index contributed by atoms with van der Waals surface area (Å²) >= 11 is 1.55. The third-order valence-electron chi connectivity index (χ3n) is 3.42. The molecule has 0 spiro atoms. The van der Waals surface area contributed by atoms with Gasteiger partial charge in [0, 0.05) is 0 Å². The van der Waals surface area contributed by atoms with E-state index in [1.807, 2.05) is 23.1 Å². The molecule has 0 N–H and O–H groups in total. The van der Waals surface area contributed by atoms with Gasteiger partial charge in [-0.2, -0.15) is 0 Å². The van der Waals surface area contributed by atoms with Gasteiger partial charge in [0.1, 0.15) is 17.4 Å². The van der Waals surface area contributed by atoms with E-state index in [0.29, 0.717) is 13.1 Å². The molecule has 0 bridgehead atoms. The average molecular weight is 336 g/mol. The zero-order chi connectivity index (χ0) is 16.4. The number of rotatable bonds is 4. The summed E-state index contributed by atoms with van der Waals surface area (Å²) in [5.41, 5.74) is 0.821. The van der Waals surface area contributed by atoms with Gasteiger partial charge in [-0.05, 0) is 19.1 Å². The number of hydrogen-bond donors (Lipinski definition) is 0. The quantitative estimate of drug-likeness (QED) is 0.620. The van der Waals surface area contributed by atoms with Crippen LogP contribution in [0.5, 0.6) is 5.75 Å². The maximum absolute atomic E-state index is 11.5. The van der Waals surface area contributed by atoms with Gasteiger partial charge in [-0.25, -0.2) is 14.6 Å². The first-order valence-corrected chi connectivity index (χ1v) is 8.00. The Kier molecular flexibility index (Phi) is 4.33. The number of benzene rings is 1. The molecule has 1 saturated heterocycles. The number of hydrogen-bond acceptors (Lipinski definition) is 8. The van der Waals surface area contributed by atoms with Crippen molar-refractivity contribution < 1.29 is 23.8 Å². The lowest BCUT2D eigenvalue weighted by Crippen LogP contribution is -2.53. The van der Waals surface area contributed by atoms with Gasteiger partial charge < -0.3 is 19.1 Å². The van der Waals surface area contributed by atoms with Crippen molar-refractivity contribution in [2.75, 3.05) is 31.7 Å². The first-order valence-electron chi connectivity index (χ1n) is 7.18. The molecule has 0 radical (unpaired) electrons. The fourth-order valence-electron chi connectivity index (χ4n) is 2.27. The van der Waals surface area contributed by atoms with Gasteiger partial charge in [-0.1, -0.05) is 17.4 Å². The normalized spacial score (nSPS) is 14.4. The van der Waals surface area contributed by atoms with Gasteiger partial charge in [0.05, 0.1) is 31.5 Å². The van der Waals surface area contributed by atoms with Gasteiger partial charge in [0.2, 0.25) is 0 Å². The molecular formula is C15H16N2O5S. The van der Waals surface area contributed by atoms with E-state index in [-0.39, 0.29) is 12.7 Å². The van der Waals surface area contributed by atoms with Crippen molar-refractivity contribution in [3.63, 3.8) is 0 Å². The number of ether oxygens (including phenoxy) is 3. The van der Waals surface area contributed by atoms with Crippen LogP contribution in [0.2, 0.25) is 0 Å². The number of carbonyl (C=O) groups excluding carboxylic acids is 2. The maximum atomic E-state index is 11.5. The number of aromatic nitrogens is 1. The molecule has 0 saturated carbocycles. The van der Waals surface area contributed by atoms with Gasteiger partial charge in [0.15, 0.2) is 5.13 Å². The fourth-order valence-corrected chi connectivity index (χ4v) is 3.27. The van der Waals surface area contributed by atoms with Crippen LogP contribution in [0.1, 0.15) is 6.92 Å². The second-order valence-corrected chi connectivity index (χ2v) is 5.97. The smallest absolute Gasteiger partial charge is 0.417 e. The summed E-state index contributed by atoms with van der Waals surface area (Å²) in [6.45, 7) is 2.80. The third-order valence-corrected chi connectivity index (χ3v) is 4.51. The molecule has 7 nitrogen and oxygen atoms in total. The lowest BCUT2D eigenvalue weighted by atomic mass is 10.2. The molecule has 1 aliphatic rings. The summed E-state index contributed by atoms with van der Waals surface area (Å²) < 4.78 is 16.0. The molecule has 1 aromatic carbocycles. The Hall–Kier alpha value is -2.35. The highest BCUT2D eigenvalue weighted by molar-refractivity contribution is 7.22. The number of methoxy groups -OCH3 is 1. The van der Waals surface area contributed by atoms with E-state index >= 15 is 0 Å². The van der Waals surface area contributed by atoms with E-state index < -0.39 is 11.9 Å². The molecule has 1 aliphatic heterocycles. The Bertz CT molecular complexity index is 739. The summed E-state index contributed by atoms with van der Waals surface area (Å²) in [6, 6.07) is 5.77. The number of esters is 2. The Balaban J connectivity index is 1.61. The molecule has 1 fully saturated rings. The van der Waals surface area contributed by atoms with Crippen molar-refractivity contribution in [3.05, 3.63) is 18.2 Å². The molecular weight excluding hydrogens is 320 g/mol. The van der Waals surface area contributed by atoms with Crippen molar-refractivity contribution in [1.29, 1.82) is 0 Å². The first kappa shape index (κ1) is 15.5. The predicted octanol–water partition coefficient (Wildman–Crippen LogP) is 1.60. The molecule has 8 heteroatoms. The van der Waals surface area contributed by atoms with E-state index in [1.165, 1.54) is 0 Å². The van der Waals surface area contributed by atoms with Gasteiger partial charge >= 0.3 is 11.9 Å². The monoisotopic (exact) mass is 336 g/mol. The molecule has 0 unspecified atom stereocenters. The largest absolute Gasteiger partial charge is 0.494 e. The van der Waals surface area contributed by atoms with E-state index in [0.717, 1.165) is 21.1 Å². The molecule has 1 aromatic heterocycles. The molecule has 2 heterocycles. The van der Waals surface area contributed by atoms with Crippen molar-refractivity contribution >= 4 is 38.6 Å². The minimum atomic E-state index is -0.948. The number of nitrogens with zero attached hydrogens (tertiary/aromatic N) is 2. The number of fused-ring (bicyclic) bond motifs is 1. The minimum Gasteiger partial charge on any atom is -0.494 e. The van der Waals surface area contributed by atoms with E-state index in [2.05, 4.69) is 9.72 Å². The number of para-hydroxylation sites is 1. The molecule has 122 valence electrons. The Labute approximate surface area is 136 Å². The van der Waals surface area contributed by atoms with Crippen LogP contribution in [0, 0.1) is 0 Å². The SMILES string of the molecule is CCOC(=O)C(=O)OC1CN(c2nc3c(OC)cccc3s2)C1. The van der Waals surface area contributed by atoms with Crippen LogP contribution in [-0.2, 0) is 19.1 Å². The van der Waals surface area contributed by atoms with Crippen molar-refractivity contribution in [2.24, 2.45) is 0 Å². The first-order chi connectivity index (χ1) is 11.1. The highest BCUT2D eigenvalue weighted by Gasteiger charge is 2.34. The van der Waals surface area contributed by atoms with Gasteiger partial charge in [-0.15, -0.1) is 0 Å². The van der Waals surface area contributed by atoms with Crippen molar-refractivity contribution in [3.8, 4) is 5.75 Å². The van der Waals surface area contributed by atoms with Crippen LogP contribution in [0.25, 0.3) is 10.2 Å². The topological polar surface area (TPSA) is 78.0 Å². The summed E-state index contributed by atoms with van der Waals surface area (Å²) in [4.78, 5) is 29.2. The van der Waals surface area contributed by atoms with E-state index in [9.17, 15) is 9.59 Å². The fraction of sp³-hybridized carbons (Fsp3) is 0.400. The zero-order valence-corrected chi connectivity index (χ0v) is 13.6. The number of carbonyl (C=O) groups is 2. The zero-order valence-electron chi connectivity index (χ0n) is 12.8. The highest BCUT2D eigenvalue weighted by atomic mass is 32.1. The third kappa shape index (κ3) is 3.07. The Morgan fingerprint density at radius 3 is 2.83 bits per heavy atom. The molecule has 0 amide bonds. The van der Waals surface area contributed by atoms with E-state index in [1.54, 1.807) is 25.4 Å². The predicted molar refractivity (Wildman–Crippen MR) is 84.9 cm³/mol. The second-order valence-electron chi connectivity index (χ2n) is 4.96. The number of thiazole rings is 1. The second kappa shape index (κ2) is 6.41. The molecule has 0 aliphatic carbocycles. The van der Waals surface area contributed by atoms with Crippen LogP contribution < -0.4 is 9.64 Å². The maximum Gasteiger partial charge on any atom is 0.417 e. The van der Waals surface area contributed by atoms with Crippen LogP contribution in [0.15, 0.2) is 18.2 Å². The van der Waals surface area contributed by atoms with Crippen LogP contribution in [0.3, 0.4) is 0 Å². The standard InChI is InChI=1S/C15H16N2O5S/c1-3-21-13(18)14(19)22-9-7-17(8-9)15-16-12-10(20-2)5-4-6-11(12)23-15/h4-6,9H,3,7-8H2,1-2H3. The van der Waals surface area contributed by atoms with Crippen LogP contribution in [0.4, 0.5) is 5.13 Å². The summed E-state index contributed by atoms with van der Waals surface area (Å²) in [7, 11) is 1.61. The van der Waals surface area contributed by atoms with Gasteiger partial charge in [-0.3, -0.25) is 0 Å². The summed E-state index contributed by atoms with van der Waals surface area (Å²) in [6.07, 6.45) is -0.319. The lowest BCUT2D eigenvalue weighted by Gasteiger charge is -2.37. The Morgan fingerprint density at radius 1 is 1.35 bits per heavy atom. The molecule has 0 atom stereocenters. The minimum absolute atomic E-state index is 0.151.